The fraction of sp³-hybridized carbons (Fsp3) is 0.111. The number of carbonyl (C=O) groups is 1. The highest BCUT2D eigenvalue weighted by atomic mass is 16.5. The standard InChI is InChI=1S/C9H10N2O2/c1-7(10)11-9(12)13-8-5-3-2-4-6-8/h2-6H,1H3,(H2,10,11,12). The summed E-state index contributed by atoms with van der Waals surface area (Å²) in [7, 11) is 0. The van der Waals surface area contributed by atoms with Gasteiger partial charge in [0.2, 0.25) is 0 Å². The van der Waals surface area contributed by atoms with E-state index in [9.17, 15) is 4.79 Å². The molecule has 4 heteroatoms. The van der Waals surface area contributed by atoms with Crippen LogP contribution in [0.4, 0.5) is 4.79 Å². The van der Waals surface area contributed by atoms with E-state index < -0.39 is 6.09 Å². The number of rotatable bonds is 1. The van der Waals surface area contributed by atoms with Gasteiger partial charge in [-0.1, -0.05) is 18.2 Å². The van der Waals surface area contributed by atoms with E-state index in [4.69, 9.17) is 10.5 Å². The van der Waals surface area contributed by atoms with Crippen LogP contribution in [0.3, 0.4) is 0 Å². The Morgan fingerprint density at radius 3 is 2.54 bits per heavy atom. The third kappa shape index (κ3) is 3.37. The number of nitrogens with two attached hydrogens (primary N) is 1. The van der Waals surface area contributed by atoms with Crippen molar-refractivity contribution in [1.29, 1.82) is 0 Å². The highest BCUT2D eigenvalue weighted by molar-refractivity contribution is 5.89. The second-order valence-electron chi connectivity index (χ2n) is 2.43. The summed E-state index contributed by atoms with van der Waals surface area (Å²) in [5.41, 5.74) is 5.20. The van der Waals surface area contributed by atoms with Crippen molar-refractivity contribution in [2.75, 3.05) is 0 Å². The van der Waals surface area contributed by atoms with Gasteiger partial charge in [0, 0.05) is 0 Å². The van der Waals surface area contributed by atoms with Gasteiger partial charge < -0.3 is 10.5 Å². The van der Waals surface area contributed by atoms with E-state index in [-0.39, 0.29) is 5.84 Å². The fourth-order valence-electron chi connectivity index (χ4n) is 0.756. The van der Waals surface area contributed by atoms with Crippen molar-refractivity contribution in [2.45, 2.75) is 6.92 Å². The molecule has 0 saturated carbocycles. The normalized spacial score (nSPS) is 11.0. The smallest absolute Gasteiger partial charge is 0.409 e. The van der Waals surface area contributed by atoms with Crippen molar-refractivity contribution in [3.8, 4) is 5.75 Å². The van der Waals surface area contributed by atoms with E-state index in [1.807, 2.05) is 6.07 Å². The Bertz CT molecular complexity index is 316. The number of carbonyl (C=O) groups excluding carboxylic acids is 1. The van der Waals surface area contributed by atoms with Crippen molar-refractivity contribution in [1.82, 2.24) is 0 Å². The molecule has 1 rings (SSSR count). The van der Waals surface area contributed by atoms with Gasteiger partial charge in [0.25, 0.3) is 0 Å². The van der Waals surface area contributed by atoms with Crippen LogP contribution in [0.1, 0.15) is 6.92 Å². The van der Waals surface area contributed by atoms with Crippen LogP contribution in [0.2, 0.25) is 0 Å². The molecule has 68 valence electrons. The second-order valence-corrected chi connectivity index (χ2v) is 2.43. The van der Waals surface area contributed by atoms with Gasteiger partial charge in [-0.15, -0.1) is 0 Å². The predicted octanol–water partition coefficient (Wildman–Crippen LogP) is 1.56. The molecule has 0 bridgehead atoms. The molecule has 0 atom stereocenters. The van der Waals surface area contributed by atoms with Crippen molar-refractivity contribution >= 4 is 11.9 Å². The summed E-state index contributed by atoms with van der Waals surface area (Å²) >= 11 is 0. The molecule has 0 aliphatic carbocycles. The lowest BCUT2D eigenvalue weighted by atomic mass is 10.3. The Balaban J connectivity index is 2.61. The summed E-state index contributed by atoms with van der Waals surface area (Å²) in [6.45, 7) is 1.52. The number of amidine groups is 1. The predicted molar refractivity (Wildman–Crippen MR) is 49.8 cm³/mol. The topological polar surface area (TPSA) is 64.7 Å². The third-order valence-electron chi connectivity index (χ3n) is 1.22. The number of ether oxygens (including phenoxy) is 1. The fourth-order valence-corrected chi connectivity index (χ4v) is 0.756. The largest absolute Gasteiger partial charge is 0.440 e. The molecule has 0 aliphatic heterocycles. The van der Waals surface area contributed by atoms with Gasteiger partial charge >= 0.3 is 6.09 Å². The molecule has 1 aromatic carbocycles. The minimum absolute atomic E-state index is 0.181. The minimum Gasteiger partial charge on any atom is -0.409 e. The maximum atomic E-state index is 10.9. The van der Waals surface area contributed by atoms with Crippen LogP contribution in [-0.4, -0.2) is 11.9 Å². The van der Waals surface area contributed by atoms with E-state index in [2.05, 4.69) is 4.99 Å². The van der Waals surface area contributed by atoms with E-state index in [0.717, 1.165) is 0 Å². The Morgan fingerprint density at radius 2 is 2.00 bits per heavy atom. The summed E-state index contributed by atoms with van der Waals surface area (Å²) in [5, 5.41) is 0. The Labute approximate surface area is 76.0 Å². The summed E-state index contributed by atoms with van der Waals surface area (Å²) in [5.74, 6) is 0.637. The number of amides is 1. The lowest BCUT2D eigenvalue weighted by molar-refractivity contribution is 0.211. The molecule has 0 aliphatic rings. The zero-order chi connectivity index (χ0) is 9.68. The van der Waals surface area contributed by atoms with Gasteiger partial charge in [-0.3, -0.25) is 0 Å². The second kappa shape index (κ2) is 4.25. The first kappa shape index (κ1) is 9.25. The lowest BCUT2D eigenvalue weighted by Gasteiger charge is -1.98. The summed E-state index contributed by atoms with van der Waals surface area (Å²) < 4.78 is 4.82. The number of benzene rings is 1. The number of aliphatic imine (C=N–C) groups is 1. The molecule has 13 heavy (non-hydrogen) atoms. The van der Waals surface area contributed by atoms with Crippen LogP contribution in [0, 0.1) is 0 Å². The first-order valence-corrected chi connectivity index (χ1v) is 3.76. The zero-order valence-corrected chi connectivity index (χ0v) is 7.23. The molecule has 0 heterocycles. The van der Waals surface area contributed by atoms with Gasteiger partial charge in [0.15, 0.2) is 0 Å². The Hall–Kier alpha value is -1.84. The average molecular weight is 178 g/mol. The Morgan fingerprint density at radius 1 is 1.38 bits per heavy atom. The SMILES string of the molecule is C/C(N)=N/C(=O)Oc1ccccc1. The van der Waals surface area contributed by atoms with Crippen LogP contribution >= 0.6 is 0 Å². The van der Waals surface area contributed by atoms with Gasteiger partial charge in [-0.25, -0.2) is 4.79 Å². The Kier molecular flexibility index (Phi) is 3.03. The van der Waals surface area contributed by atoms with E-state index in [1.54, 1.807) is 24.3 Å². The molecule has 0 spiro atoms. The van der Waals surface area contributed by atoms with Gasteiger partial charge in [-0.05, 0) is 19.1 Å². The molecule has 1 aromatic rings. The van der Waals surface area contributed by atoms with E-state index >= 15 is 0 Å². The molecule has 1 amide bonds. The lowest BCUT2D eigenvalue weighted by Crippen LogP contribution is -2.11. The number of hydrogen-bond acceptors (Lipinski definition) is 2. The van der Waals surface area contributed by atoms with Gasteiger partial charge in [0.05, 0.1) is 0 Å². The van der Waals surface area contributed by atoms with Crippen LogP contribution in [-0.2, 0) is 0 Å². The van der Waals surface area contributed by atoms with Crippen molar-refractivity contribution < 1.29 is 9.53 Å². The molecule has 4 nitrogen and oxygen atoms in total. The molecule has 0 saturated heterocycles. The highest BCUT2D eigenvalue weighted by Crippen LogP contribution is 2.08. The van der Waals surface area contributed by atoms with Crippen LogP contribution in [0.15, 0.2) is 35.3 Å². The van der Waals surface area contributed by atoms with Crippen LogP contribution < -0.4 is 10.5 Å². The maximum absolute atomic E-state index is 10.9. The number of para-hydroxylation sites is 1. The molecule has 0 aromatic heterocycles. The van der Waals surface area contributed by atoms with Crippen molar-refractivity contribution in [3.63, 3.8) is 0 Å². The van der Waals surface area contributed by atoms with Crippen LogP contribution in [0.25, 0.3) is 0 Å². The molecule has 0 unspecified atom stereocenters. The molecular weight excluding hydrogens is 168 g/mol. The maximum Gasteiger partial charge on any atom is 0.440 e. The summed E-state index contributed by atoms with van der Waals surface area (Å²) in [6, 6.07) is 8.69. The van der Waals surface area contributed by atoms with E-state index in [0.29, 0.717) is 5.75 Å². The molecule has 0 fully saturated rings. The van der Waals surface area contributed by atoms with Crippen molar-refractivity contribution in [2.24, 2.45) is 10.7 Å². The average Bonchev–Trinajstić information content (AvgIpc) is 2.04. The summed E-state index contributed by atoms with van der Waals surface area (Å²) in [6.07, 6.45) is -0.703. The number of hydrogen-bond donors (Lipinski definition) is 1. The minimum atomic E-state index is -0.703. The third-order valence-corrected chi connectivity index (χ3v) is 1.22. The quantitative estimate of drug-likeness (QED) is 0.524. The van der Waals surface area contributed by atoms with E-state index in [1.165, 1.54) is 6.92 Å². The number of nitrogens with zero attached hydrogens (tertiary/aromatic N) is 1. The highest BCUT2D eigenvalue weighted by Gasteiger charge is 2.00. The van der Waals surface area contributed by atoms with Crippen molar-refractivity contribution in [3.05, 3.63) is 30.3 Å². The van der Waals surface area contributed by atoms with Gasteiger partial charge in [0.1, 0.15) is 11.6 Å². The first-order valence-electron chi connectivity index (χ1n) is 3.76. The summed E-state index contributed by atoms with van der Waals surface area (Å²) in [4.78, 5) is 14.3. The first-order chi connectivity index (χ1) is 6.18. The molecular formula is C9H10N2O2. The molecule has 2 N–H and O–H groups in total. The zero-order valence-electron chi connectivity index (χ0n) is 7.23. The molecule has 0 radical (unpaired) electrons. The van der Waals surface area contributed by atoms with Crippen LogP contribution in [0.5, 0.6) is 5.75 Å². The monoisotopic (exact) mass is 178 g/mol. The van der Waals surface area contributed by atoms with Gasteiger partial charge in [-0.2, -0.15) is 4.99 Å².